The van der Waals surface area contributed by atoms with Gasteiger partial charge < -0.3 is 0 Å². The van der Waals surface area contributed by atoms with Crippen LogP contribution in [0.1, 0.15) is 29.8 Å². The zero-order valence-corrected chi connectivity index (χ0v) is 18.0. The fourth-order valence-electron chi connectivity index (χ4n) is 3.63. The Kier molecular flexibility index (Phi) is 5.51. The first-order valence-corrected chi connectivity index (χ1v) is 10.9. The number of ketones is 2. The molecule has 2 atom stereocenters. The molecule has 0 amide bonds. The van der Waals surface area contributed by atoms with Crippen LogP contribution in [-0.4, -0.2) is 38.5 Å². The molecule has 7 nitrogen and oxygen atoms in total. The average Bonchev–Trinajstić information content (AvgIpc) is 3.04. The van der Waals surface area contributed by atoms with Crippen LogP contribution in [-0.2, 0) is 33.0 Å². The Morgan fingerprint density at radius 3 is 1.76 bits per heavy atom. The first kappa shape index (κ1) is 21.7. The second-order valence-electron chi connectivity index (χ2n) is 6.81. The van der Waals surface area contributed by atoms with Gasteiger partial charge in [0.05, 0.1) is 0 Å². The van der Waals surface area contributed by atoms with Gasteiger partial charge in [-0.3, -0.25) is 0 Å². The summed E-state index contributed by atoms with van der Waals surface area (Å²) in [4.78, 5) is 26.9. The molecule has 2 unspecified atom stereocenters. The normalized spacial score (nSPS) is 28.9. The van der Waals surface area contributed by atoms with Gasteiger partial charge in [0.1, 0.15) is 0 Å². The number of rotatable bonds is 7. The van der Waals surface area contributed by atoms with Crippen molar-refractivity contribution in [2.75, 3.05) is 21.3 Å². The van der Waals surface area contributed by atoms with E-state index in [0.717, 1.165) is 0 Å². The third-order valence-corrected chi connectivity index (χ3v) is 8.42. The summed E-state index contributed by atoms with van der Waals surface area (Å²) in [6.07, 6.45) is 0. The predicted octanol–water partition coefficient (Wildman–Crippen LogP) is 4.23. The standard InChI is InChI=1S/C21H25O7P/c1-16(22)20(2)21(18-14-10-7-11-15-18,19(23)17-12-8-6-9-13-17)28-29(24-3,25-4,26-5)27-20/h6-15H,1-5H3. The summed E-state index contributed by atoms with van der Waals surface area (Å²) in [5, 5.41) is 0. The SMILES string of the molecule is COP1(OC)(OC)OC(C)(C(C)=O)C(C(=O)c2ccccc2)(c2ccccc2)O1. The number of benzene rings is 2. The van der Waals surface area contributed by atoms with Crippen molar-refractivity contribution in [2.45, 2.75) is 25.0 Å². The molecule has 0 bridgehead atoms. The summed E-state index contributed by atoms with van der Waals surface area (Å²) < 4.78 is 29.0. The van der Waals surface area contributed by atoms with Gasteiger partial charge in [0, 0.05) is 0 Å². The van der Waals surface area contributed by atoms with E-state index < -0.39 is 30.5 Å². The van der Waals surface area contributed by atoms with Crippen LogP contribution >= 0.6 is 7.74 Å². The molecule has 1 heterocycles. The van der Waals surface area contributed by atoms with Gasteiger partial charge in [-0.05, 0) is 0 Å². The van der Waals surface area contributed by atoms with Crippen LogP contribution in [0, 0.1) is 0 Å². The molecule has 0 N–H and O–H groups in total. The average molecular weight is 420 g/mol. The van der Waals surface area contributed by atoms with Gasteiger partial charge in [-0.15, -0.1) is 0 Å². The van der Waals surface area contributed by atoms with Crippen molar-refractivity contribution < 1.29 is 32.2 Å². The van der Waals surface area contributed by atoms with Crippen LogP contribution in [0.25, 0.3) is 0 Å². The van der Waals surface area contributed by atoms with Gasteiger partial charge in [-0.25, -0.2) is 0 Å². The summed E-state index contributed by atoms with van der Waals surface area (Å²) in [5.41, 5.74) is -2.93. The third-order valence-electron chi connectivity index (χ3n) is 5.39. The molecule has 156 valence electrons. The molecule has 2 aromatic carbocycles. The zero-order valence-electron chi connectivity index (χ0n) is 17.1. The molecule has 1 saturated heterocycles. The van der Waals surface area contributed by atoms with Crippen molar-refractivity contribution in [1.29, 1.82) is 0 Å². The maximum atomic E-state index is 14.0. The van der Waals surface area contributed by atoms with Gasteiger partial charge in [0.15, 0.2) is 0 Å². The zero-order chi connectivity index (χ0) is 21.4. The molecule has 1 aliphatic rings. The second kappa shape index (κ2) is 7.36. The topological polar surface area (TPSA) is 80.3 Å². The molecule has 2 aromatic rings. The van der Waals surface area contributed by atoms with E-state index in [1.54, 1.807) is 60.7 Å². The van der Waals surface area contributed by atoms with Crippen LogP contribution < -0.4 is 0 Å². The molecule has 0 aliphatic carbocycles. The Hall–Kier alpha value is -1.99. The third kappa shape index (κ3) is 2.97. The molecule has 1 aliphatic heterocycles. The molecule has 0 radical (unpaired) electrons. The van der Waals surface area contributed by atoms with Crippen LogP contribution in [0.15, 0.2) is 60.7 Å². The molecule has 0 spiro atoms. The van der Waals surface area contributed by atoms with E-state index in [-0.39, 0.29) is 0 Å². The molecule has 0 saturated carbocycles. The quantitative estimate of drug-likeness (QED) is 0.490. The van der Waals surface area contributed by atoms with Gasteiger partial charge in [0.25, 0.3) is 0 Å². The molecule has 8 heteroatoms. The summed E-state index contributed by atoms with van der Waals surface area (Å²) >= 11 is 0. The predicted molar refractivity (Wildman–Crippen MR) is 108 cm³/mol. The summed E-state index contributed by atoms with van der Waals surface area (Å²) in [6.45, 7) is 2.83. The summed E-state index contributed by atoms with van der Waals surface area (Å²) in [6, 6.07) is 17.2. The summed E-state index contributed by atoms with van der Waals surface area (Å²) in [5.74, 6) is -0.914. The maximum absolute atomic E-state index is 14.0. The van der Waals surface area contributed by atoms with Crippen LogP contribution in [0.5, 0.6) is 0 Å². The fraction of sp³-hybridized carbons (Fsp3) is 0.333. The van der Waals surface area contributed by atoms with Gasteiger partial charge in [0.2, 0.25) is 0 Å². The molecule has 3 rings (SSSR count). The number of carbonyl (C=O) groups is 2. The van der Waals surface area contributed by atoms with Crippen molar-refractivity contribution >= 4 is 19.3 Å². The van der Waals surface area contributed by atoms with Crippen LogP contribution in [0.2, 0.25) is 0 Å². The second-order valence-corrected chi connectivity index (χ2v) is 9.76. The number of hydrogen-bond acceptors (Lipinski definition) is 7. The van der Waals surface area contributed by atoms with Crippen molar-refractivity contribution in [3.8, 4) is 0 Å². The van der Waals surface area contributed by atoms with E-state index in [2.05, 4.69) is 0 Å². The molecular weight excluding hydrogens is 395 g/mol. The Labute approximate surface area is 170 Å². The minimum atomic E-state index is -4.75. The monoisotopic (exact) mass is 420 g/mol. The summed E-state index contributed by atoms with van der Waals surface area (Å²) in [7, 11) is -0.881. The minimum absolute atomic E-state index is 0.342. The van der Waals surface area contributed by atoms with E-state index in [4.69, 9.17) is 22.6 Å². The van der Waals surface area contributed by atoms with E-state index in [1.165, 1.54) is 35.2 Å². The van der Waals surface area contributed by atoms with E-state index >= 15 is 0 Å². The van der Waals surface area contributed by atoms with Crippen molar-refractivity contribution in [3.63, 3.8) is 0 Å². The fourth-order valence-corrected chi connectivity index (χ4v) is 6.23. The Bertz CT molecular complexity index is 902. The van der Waals surface area contributed by atoms with E-state index in [9.17, 15) is 9.59 Å². The van der Waals surface area contributed by atoms with Crippen molar-refractivity contribution in [2.24, 2.45) is 0 Å². The Morgan fingerprint density at radius 1 is 0.828 bits per heavy atom. The first-order chi connectivity index (χ1) is 13.7. The van der Waals surface area contributed by atoms with Crippen molar-refractivity contribution in [1.82, 2.24) is 0 Å². The number of hydrogen-bond donors (Lipinski definition) is 0. The Balaban J connectivity index is 2.40. The van der Waals surface area contributed by atoms with Crippen LogP contribution in [0.4, 0.5) is 0 Å². The van der Waals surface area contributed by atoms with E-state index in [0.29, 0.717) is 11.1 Å². The molecule has 29 heavy (non-hydrogen) atoms. The van der Waals surface area contributed by atoms with Gasteiger partial charge >= 0.3 is 170 Å². The van der Waals surface area contributed by atoms with E-state index in [1.807, 2.05) is 0 Å². The molecule has 1 fully saturated rings. The van der Waals surface area contributed by atoms with Gasteiger partial charge in [-0.1, -0.05) is 0 Å². The Morgan fingerprint density at radius 2 is 1.31 bits per heavy atom. The van der Waals surface area contributed by atoms with Crippen molar-refractivity contribution in [3.05, 3.63) is 71.8 Å². The number of Topliss-reactive ketones (excluding diaryl/α,β-unsaturated/α-hetero) is 2. The van der Waals surface area contributed by atoms with Crippen LogP contribution in [0.3, 0.4) is 0 Å². The molecular formula is C21H25O7P. The first-order valence-electron chi connectivity index (χ1n) is 9.03. The molecule has 0 aromatic heterocycles. The number of carbonyl (C=O) groups excluding carboxylic acids is 2. The van der Waals surface area contributed by atoms with Gasteiger partial charge in [-0.2, -0.15) is 0 Å².